The second-order valence-electron chi connectivity index (χ2n) is 6.47. The Morgan fingerprint density at radius 2 is 1.96 bits per heavy atom. The van der Waals surface area contributed by atoms with Crippen LogP contribution < -0.4 is 4.90 Å². The Hall–Kier alpha value is -2.50. The molecule has 0 spiro atoms. The molecule has 6 nitrogen and oxygen atoms in total. The zero-order chi connectivity index (χ0) is 16.5. The molecule has 24 heavy (non-hydrogen) atoms. The number of amides is 1. The molecule has 2 aliphatic heterocycles. The molecule has 0 unspecified atom stereocenters. The molecule has 4 rings (SSSR count). The van der Waals surface area contributed by atoms with E-state index in [0.717, 1.165) is 48.0 Å². The topological polar surface area (TPSA) is 62.2 Å². The van der Waals surface area contributed by atoms with Crippen molar-refractivity contribution in [3.63, 3.8) is 0 Å². The van der Waals surface area contributed by atoms with Gasteiger partial charge in [0.15, 0.2) is 0 Å². The lowest BCUT2D eigenvalue weighted by atomic mass is 10.1. The SMILES string of the molecule is Cc1nc2c(c(N3CCC3)n1)CN(C(=O)CCc1ccncc1)C2. The Balaban J connectivity index is 1.46. The van der Waals surface area contributed by atoms with E-state index in [0.29, 0.717) is 19.5 Å². The third-order valence-corrected chi connectivity index (χ3v) is 4.76. The van der Waals surface area contributed by atoms with Gasteiger partial charge in [-0.1, -0.05) is 0 Å². The number of hydrogen-bond acceptors (Lipinski definition) is 5. The van der Waals surface area contributed by atoms with Gasteiger partial charge in [0.1, 0.15) is 11.6 Å². The molecular weight excluding hydrogens is 302 g/mol. The molecule has 0 saturated carbocycles. The standard InChI is InChI=1S/C18H21N5O/c1-13-20-16-12-23(11-15(16)18(21-13)22-9-2-10-22)17(24)4-3-14-5-7-19-8-6-14/h5-8H,2-4,9-12H2,1H3. The molecule has 6 heteroatoms. The first-order chi connectivity index (χ1) is 11.7. The molecule has 1 fully saturated rings. The molecule has 1 saturated heterocycles. The minimum absolute atomic E-state index is 0.178. The smallest absolute Gasteiger partial charge is 0.223 e. The summed E-state index contributed by atoms with van der Waals surface area (Å²) < 4.78 is 0. The highest BCUT2D eigenvalue weighted by atomic mass is 16.2. The molecule has 0 radical (unpaired) electrons. The predicted molar refractivity (Wildman–Crippen MR) is 90.4 cm³/mol. The van der Waals surface area contributed by atoms with Crippen LogP contribution in [0.5, 0.6) is 0 Å². The van der Waals surface area contributed by atoms with Gasteiger partial charge in [0.25, 0.3) is 0 Å². The average molecular weight is 323 g/mol. The van der Waals surface area contributed by atoms with E-state index in [1.807, 2.05) is 24.0 Å². The molecule has 4 heterocycles. The summed E-state index contributed by atoms with van der Waals surface area (Å²) in [4.78, 5) is 30.0. The van der Waals surface area contributed by atoms with E-state index >= 15 is 0 Å². The number of pyridine rings is 1. The maximum Gasteiger partial charge on any atom is 0.223 e. The number of aromatic nitrogens is 3. The Morgan fingerprint density at radius 1 is 1.17 bits per heavy atom. The number of nitrogens with zero attached hydrogens (tertiary/aromatic N) is 5. The number of anilines is 1. The summed E-state index contributed by atoms with van der Waals surface area (Å²) in [6.45, 7) is 5.28. The van der Waals surface area contributed by atoms with Gasteiger partial charge in [0.05, 0.1) is 18.8 Å². The van der Waals surface area contributed by atoms with Crippen molar-refractivity contribution in [2.24, 2.45) is 0 Å². The maximum absolute atomic E-state index is 12.6. The highest BCUT2D eigenvalue weighted by Gasteiger charge is 2.30. The van der Waals surface area contributed by atoms with E-state index < -0.39 is 0 Å². The fraction of sp³-hybridized carbons (Fsp3) is 0.444. The third-order valence-electron chi connectivity index (χ3n) is 4.76. The molecule has 0 aliphatic carbocycles. The largest absolute Gasteiger partial charge is 0.356 e. The second-order valence-corrected chi connectivity index (χ2v) is 6.47. The van der Waals surface area contributed by atoms with E-state index in [-0.39, 0.29) is 5.91 Å². The summed E-state index contributed by atoms with van der Waals surface area (Å²) in [5.41, 5.74) is 3.30. The lowest BCUT2D eigenvalue weighted by Gasteiger charge is -2.33. The first-order valence-corrected chi connectivity index (χ1v) is 8.49. The van der Waals surface area contributed by atoms with E-state index in [2.05, 4.69) is 19.9 Å². The number of hydrogen-bond donors (Lipinski definition) is 0. The Kier molecular flexibility index (Phi) is 3.88. The summed E-state index contributed by atoms with van der Waals surface area (Å²) in [5, 5.41) is 0. The van der Waals surface area contributed by atoms with Crippen LogP contribution in [0.1, 0.15) is 35.5 Å². The highest BCUT2D eigenvalue weighted by molar-refractivity contribution is 5.77. The van der Waals surface area contributed by atoms with Gasteiger partial charge in [-0.25, -0.2) is 9.97 Å². The van der Waals surface area contributed by atoms with Crippen LogP contribution in [-0.4, -0.2) is 38.8 Å². The minimum Gasteiger partial charge on any atom is -0.356 e. The summed E-state index contributed by atoms with van der Waals surface area (Å²) >= 11 is 0. The maximum atomic E-state index is 12.6. The Bertz CT molecular complexity index is 758. The van der Waals surface area contributed by atoms with Crippen molar-refractivity contribution in [1.82, 2.24) is 19.9 Å². The lowest BCUT2D eigenvalue weighted by Crippen LogP contribution is -2.38. The molecule has 2 aromatic rings. The van der Waals surface area contributed by atoms with E-state index in [1.165, 1.54) is 6.42 Å². The van der Waals surface area contributed by atoms with Crippen LogP contribution in [0.25, 0.3) is 0 Å². The molecular formula is C18H21N5O. The number of aryl methyl sites for hydroxylation is 2. The number of fused-ring (bicyclic) bond motifs is 1. The molecule has 0 bridgehead atoms. The molecule has 2 aromatic heterocycles. The summed E-state index contributed by atoms with van der Waals surface area (Å²) in [6, 6.07) is 3.92. The number of carbonyl (C=O) groups is 1. The minimum atomic E-state index is 0.178. The van der Waals surface area contributed by atoms with E-state index in [1.54, 1.807) is 12.4 Å². The van der Waals surface area contributed by atoms with E-state index in [4.69, 9.17) is 0 Å². The van der Waals surface area contributed by atoms with Crippen LogP contribution in [-0.2, 0) is 24.3 Å². The molecule has 0 N–H and O–H groups in total. The van der Waals surface area contributed by atoms with Crippen molar-refractivity contribution >= 4 is 11.7 Å². The second kappa shape index (κ2) is 6.19. The van der Waals surface area contributed by atoms with Gasteiger partial charge < -0.3 is 9.80 Å². The van der Waals surface area contributed by atoms with Gasteiger partial charge in [0, 0.05) is 37.5 Å². The quantitative estimate of drug-likeness (QED) is 0.859. The number of carbonyl (C=O) groups excluding carboxylic acids is 1. The van der Waals surface area contributed by atoms with Crippen LogP contribution in [0.15, 0.2) is 24.5 Å². The van der Waals surface area contributed by atoms with Gasteiger partial charge in [-0.15, -0.1) is 0 Å². The Morgan fingerprint density at radius 3 is 2.67 bits per heavy atom. The zero-order valence-electron chi connectivity index (χ0n) is 13.9. The van der Waals surface area contributed by atoms with Crippen molar-refractivity contribution in [2.45, 2.75) is 39.3 Å². The van der Waals surface area contributed by atoms with Gasteiger partial charge in [-0.05, 0) is 37.5 Å². The highest BCUT2D eigenvalue weighted by Crippen LogP contribution is 2.31. The first kappa shape index (κ1) is 15.1. The zero-order valence-corrected chi connectivity index (χ0v) is 13.9. The van der Waals surface area contributed by atoms with Crippen LogP contribution >= 0.6 is 0 Å². The van der Waals surface area contributed by atoms with Crippen LogP contribution in [0.2, 0.25) is 0 Å². The molecule has 2 aliphatic rings. The number of rotatable bonds is 4. The van der Waals surface area contributed by atoms with Crippen LogP contribution in [0.4, 0.5) is 5.82 Å². The summed E-state index contributed by atoms with van der Waals surface area (Å²) in [7, 11) is 0. The van der Waals surface area contributed by atoms with Gasteiger partial charge in [0.2, 0.25) is 5.91 Å². The molecule has 0 aromatic carbocycles. The first-order valence-electron chi connectivity index (χ1n) is 8.49. The molecule has 124 valence electrons. The third kappa shape index (κ3) is 2.84. The van der Waals surface area contributed by atoms with Crippen molar-refractivity contribution in [1.29, 1.82) is 0 Å². The van der Waals surface area contributed by atoms with Crippen LogP contribution in [0.3, 0.4) is 0 Å². The van der Waals surface area contributed by atoms with Crippen LogP contribution in [0, 0.1) is 6.92 Å². The fourth-order valence-electron chi connectivity index (χ4n) is 3.28. The normalized spacial score (nSPS) is 16.0. The summed E-state index contributed by atoms with van der Waals surface area (Å²) in [6.07, 6.45) is 6.01. The lowest BCUT2D eigenvalue weighted by molar-refractivity contribution is -0.131. The van der Waals surface area contributed by atoms with Gasteiger partial charge in [-0.3, -0.25) is 9.78 Å². The molecule has 1 amide bonds. The van der Waals surface area contributed by atoms with Crippen molar-refractivity contribution < 1.29 is 4.79 Å². The average Bonchev–Trinajstić information content (AvgIpc) is 2.96. The van der Waals surface area contributed by atoms with Gasteiger partial charge >= 0.3 is 0 Å². The summed E-state index contributed by atoms with van der Waals surface area (Å²) in [5.74, 6) is 2.01. The predicted octanol–water partition coefficient (Wildman–Crippen LogP) is 1.87. The fourth-order valence-corrected chi connectivity index (χ4v) is 3.28. The molecule has 0 atom stereocenters. The van der Waals surface area contributed by atoms with E-state index in [9.17, 15) is 4.79 Å². The van der Waals surface area contributed by atoms with Crippen molar-refractivity contribution in [3.05, 3.63) is 47.2 Å². The Labute approximate surface area is 141 Å². The van der Waals surface area contributed by atoms with Crippen molar-refractivity contribution in [3.8, 4) is 0 Å². The monoisotopic (exact) mass is 323 g/mol. The van der Waals surface area contributed by atoms with Crippen molar-refractivity contribution in [2.75, 3.05) is 18.0 Å². The van der Waals surface area contributed by atoms with Gasteiger partial charge in [-0.2, -0.15) is 0 Å².